The molecule has 0 bridgehead atoms. The quantitative estimate of drug-likeness (QED) is 0.750. The SMILES string of the molecule is CCN1CCC(CN2CC3(CCN3CC)C2)CC1. The summed E-state index contributed by atoms with van der Waals surface area (Å²) in [6.07, 6.45) is 4.30. The molecule has 0 saturated carbocycles. The summed E-state index contributed by atoms with van der Waals surface area (Å²) < 4.78 is 0. The Morgan fingerprint density at radius 2 is 1.67 bits per heavy atom. The van der Waals surface area contributed by atoms with Crippen molar-refractivity contribution in [2.75, 3.05) is 52.4 Å². The summed E-state index contributed by atoms with van der Waals surface area (Å²) in [4.78, 5) is 8.00. The van der Waals surface area contributed by atoms with Gasteiger partial charge in [0.2, 0.25) is 0 Å². The van der Waals surface area contributed by atoms with Crippen molar-refractivity contribution in [1.29, 1.82) is 0 Å². The molecular formula is C15H29N3. The minimum atomic E-state index is 0.624. The maximum atomic E-state index is 2.72. The van der Waals surface area contributed by atoms with Crippen molar-refractivity contribution in [3.8, 4) is 0 Å². The van der Waals surface area contributed by atoms with E-state index >= 15 is 0 Å². The van der Waals surface area contributed by atoms with Crippen LogP contribution in [0.15, 0.2) is 0 Å². The van der Waals surface area contributed by atoms with Crippen LogP contribution >= 0.6 is 0 Å². The summed E-state index contributed by atoms with van der Waals surface area (Å²) in [6.45, 7) is 15.2. The maximum Gasteiger partial charge on any atom is 0.0475 e. The van der Waals surface area contributed by atoms with Crippen molar-refractivity contribution in [2.45, 2.75) is 38.6 Å². The first-order valence-electron chi connectivity index (χ1n) is 7.95. The van der Waals surface area contributed by atoms with Gasteiger partial charge in [-0.3, -0.25) is 9.80 Å². The number of likely N-dealkylation sites (N-methyl/N-ethyl adjacent to an activating group) is 1. The molecule has 1 spiro atoms. The Kier molecular flexibility index (Phi) is 3.65. The van der Waals surface area contributed by atoms with Crippen molar-refractivity contribution >= 4 is 0 Å². The first-order valence-corrected chi connectivity index (χ1v) is 7.95. The molecule has 3 nitrogen and oxygen atoms in total. The number of nitrogens with zero attached hydrogens (tertiary/aromatic N) is 3. The van der Waals surface area contributed by atoms with Crippen LogP contribution in [0.4, 0.5) is 0 Å². The lowest BCUT2D eigenvalue weighted by Gasteiger charge is -2.63. The smallest absolute Gasteiger partial charge is 0.0475 e. The standard InChI is InChI=1S/C15H29N3/c1-3-16-8-5-14(6-9-16)11-17-12-15(13-17)7-10-18(15)4-2/h14H,3-13H2,1-2H3. The van der Waals surface area contributed by atoms with Crippen molar-refractivity contribution in [1.82, 2.24) is 14.7 Å². The third kappa shape index (κ3) is 2.21. The Morgan fingerprint density at radius 1 is 0.944 bits per heavy atom. The molecule has 3 heteroatoms. The summed E-state index contributed by atoms with van der Waals surface area (Å²) in [7, 11) is 0. The van der Waals surface area contributed by atoms with Crippen LogP contribution in [0.5, 0.6) is 0 Å². The van der Waals surface area contributed by atoms with Gasteiger partial charge in [0.05, 0.1) is 0 Å². The minimum Gasteiger partial charge on any atom is -0.304 e. The Morgan fingerprint density at radius 3 is 2.17 bits per heavy atom. The molecule has 3 fully saturated rings. The zero-order valence-corrected chi connectivity index (χ0v) is 12.2. The van der Waals surface area contributed by atoms with Crippen LogP contribution in [0.3, 0.4) is 0 Å². The Hall–Kier alpha value is -0.120. The van der Waals surface area contributed by atoms with E-state index in [2.05, 4.69) is 28.5 Å². The van der Waals surface area contributed by atoms with E-state index in [1.807, 2.05) is 0 Å². The molecule has 0 aliphatic carbocycles. The van der Waals surface area contributed by atoms with Gasteiger partial charge in [-0.1, -0.05) is 13.8 Å². The van der Waals surface area contributed by atoms with Crippen LogP contribution < -0.4 is 0 Å². The highest BCUT2D eigenvalue weighted by Crippen LogP contribution is 2.39. The van der Waals surface area contributed by atoms with E-state index in [0.29, 0.717) is 5.54 Å². The van der Waals surface area contributed by atoms with Crippen LogP contribution in [-0.2, 0) is 0 Å². The number of rotatable bonds is 4. The molecule has 104 valence electrons. The van der Waals surface area contributed by atoms with Gasteiger partial charge in [0.15, 0.2) is 0 Å². The van der Waals surface area contributed by atoms with Gasteiger partial charge in [0.1, 0.15) is 0 Å². The van der Waals surface area contributed by atoms with Crippen LogP contribution in [0.25, 0.3) is 0 Å². The maximum absolute atomic E-state index is 2.72. The Bertz CT molecular complexity index is 275. The molecule has 18 heavy (non-hydrogen) atoms. The fourth-order valence-electron chi connectivity index (χ4n) is 4.20. The normalized spacial score (nSPS) is 30.3. The van der Waals surface area contributed by atoms with Crippen molar-refractivity contribution in [3.05, 3.63) is 0 Å². The number of piperidine rings is 1. The highest BCUT2D eigenvalue weighted by atomic mass is 15.4. The van der Waals surface area contributed by atoms with Gasteiger partial charge in [-0.25, -0.2) is 0 Å². The van der Waals surface area contributed by atoms with E-state index in [1.165, 1.54) is 71.6 Å². The van der Waals surface area contributed by atoms with E-state index in [4.69, 9.17) is 0 Å². The van der Waals surface area contributed by atoms with Gasteiger partial charge in [0.25, 0.3) is 0 Å². The average Bonchev–Trinajstić information content (AvgIpc) is 2.33. The van der Waals surface area contributed by atoms with Gasteiger partial charge in [-0.15, -0.1) is 0 Å². The average molecular weight is 251 g/mol. The predicted molar refractivity (Wildman–Crippen MR) is 75.9 cm³/mol. The molecule has 0 radical (unpaired) electrons. The van der Waals surface area contributed by atoms with Gasteiger partial charge >= 0.3 is 0 Å². The summed E-state index contributed by atoms with van der Waals surface area (Å²) >= 11 is 0. The second-order valence-corrected chi connectivity index (χ2v) is 6.60. The second kappa shape index (κ2) is 5.10. The molecule has 0 aromatic heterocycles. The van der Waals surface area contributed by atoms with Crippen LogP contribution in [-0.4, -0.2) is 72.6 Å². The zero-order valence-electron chi connectivity index (χ0n) is 12.2. The van der Waals surface area contributed by atoms with Crippen molar-refractivity contribution in [2.24, 2.45) is 5.92 Å². The van der Waals surface area contributed by atoms with Crippen LogP contribution in [0.2, 0.25) is 0 Å². The first-order chi connectivity index (χ1) is 8.75. The number of hydrogen-bond acceptors (Lipinski definition) is 3. The lowest BCUT2D eigenvalue weighted by atomic mass is 9.76. The Labute approximate surface area is 112 Å². The second-order valence-electron chi connectivity index (χ2n) is 6.60. The molecular weight excluding hydrogens is 222 g/mol. The third-order valence-electron chi connectivity index (χ3n) is 5.61. The van der Waals surface area contributed by atoms with E-state index in [0.717, 1.165) is 5.92 Å². The zero-order chi connectivity index (χ0) is 12.6. The summed E-state index contributed by atoms with van der Waals surface area (Å²) in [5.41, 5.74) is 0.624. The highest BCUT2D eigenvalue weighted by molar-refractivity contribution is 5.10. The molecule has 3 rings (SSSR count). The summed E-state index contributed by atoms with van der Waals surface area (Å²) in [5.74, 6) is 0.973. The lowest BCUT2D eigenvalue weighted by Crippen LogP contribution is -2.76. The van der Waals surface area contributed by atoms with E-state index < -0.39 is 0 Å². The lowest BCUT2D eigenvalue weighted by molar-refractivity contribution is -0.125. The molecule has 0 atom stereocenters. The Balaban J connectivity index is 1.39. The fraction of sp³-hybridized carbons (Fsp3) is 1.00. The van der Waals surface area contributed by atoms with Gasteiger partial charge in [0, 0.05) is 31.7 Å². The van der Waals surface area contributed by atoms with E-state index in [-0.39, 0.29) is 0 Å². The first kappa shape index (κ1) is 12.9. The molecule has 3 saturated heterocycles. The predicted octanol–water partition coefficient (Wildman–Crippen LogP) is 1.50. The topological polar surface area (TPSA) is 9.72 Å². The summed E-state index contributed by atoms with van der Waals surface area (Å²) in [5, 5.41) is 0. The van der Waals surface area contributed by atoms with E-state index in [9.17, 15) is 0 Å². The molecule has 0 aromatic carbocycles. The molecule has 3 heterocycles. The highest BCUT2D eigenvalue weighted by Gasteiger charge is 2.52. The van der Waals surface area contributed by atoms with E-state index in [1.54, 1.807) is 0 Å². The summed E-state index contributed by atoms with van der Waals surface area (Å²) in [6, 6.07) is 0. The third-order valence-corrected chi connectivity index (χ3v) is 5.61. The number of likely N-dealkylation sites (tertiary alicyclic amines) is 3. The molecule has 0 aromatic rings. The monoisotopic (exact) mass is 251 g/mol. The van der Waals surface area contributed by atoms with Crippen molar-refractivity contribution < 1.29 is 0 Å². The molecule has 0 unspecified atom stereocenters. The molecule has 0 amide bonds. The van der Waals surface area contributed by atoms with Gasteiger partial charge < -0.3 is 4.90 Å². The van der Waals surface area contributed by atoms with Gasteiger partial charge in [-0.2, -0.15) is 0 Å². The molecule has 3 aliphatic heterocycles. The minimum absolute atomic E-state index is 0.624. The fourth-order valence-corrected chi connectivity index (χ4v) is 4.20. The van der Waals surface area contributed by atoms with Crippen molar-refractivity contribution in [3.63, 3.8) is 0 Å². The van der Waals surface area contributed by atoms with Gasteiger partial charge in [-0.05, 0) is 51.4 Å². The molecule has 3 aliphatic rings. The largest absolute Gasteiger partial charge is 0.304 e. The van der Waals surface area contributed by atoms with Crippen LogP contribution in [0.1, 0.15) is 33.1 Å². The molecule has 0 N–H and O–H groups in total. The number of hydrogen-bond donors (Lipinski definition) is 0. The van der Waals surface area contributed by atoms with Crippen LogP contribution in [0, 0.1) is 5.92 Å².